The number of hydrogen-bond acceptors (Lipinski definition) is 2. The largest absolute Gasteiger partial charge is 0.273 e. The lowest BCUT2D eigenvalue weighted by Gasteiger charge is -1.95. The van der Waals surface area contributed by atoms with Crippen molar-refractivity contribution in [1.82, 2.24) is 5.43 Å². The van der Waals surface area contributed by atoms with E-state index < -0.39 is 0 Å². The fraction of sp³-hybridized carbons (Fsp3) is 0.231. The molecule has 4 heteroatoms. The summed E-state index contributed by atoms with van der Waals surface area (Å²) >= 11 is 5.95. The highest BCUT2D eigenvalue weighted by Gasteiger charge is 2.29. The Hall–Kier alpha value is -1.61. The summed E-state index contributed by atoms with van der Waals surface area (Å²) in [5.74, 6) is 0.134. The molecule has 88 valence electrons. The first-order chi connectivity index (χ1) is 8.25. The highest BCUT2D eigenvalue weighted by molar-refractivity contribution is 6.41. The van der Waals surface area contributed by atoms with Gasteiger partial charge in [0.1, 0.15) is 0 Å². The van der Waals surface area contributed by atoms with Gasteiger partial charge < -0.3 is 0 Å². The number of hydrazone groups is 1. The standard InChI is InChI=1S/C13H13ClN2O/c14-12(8-10-4-2-1-3-5-10)9-15-16-13(17)11-6-7-11/h1-5,8-9,11H,6-7H2,(H,16,17)/b12-8+,15-9+. The van der Waals surface area contributed by atoms with Gasteiger partial charge in [0, 0.05) is 5.92 Å². The van der Waals surface area contributed by atoms with Gasteiger partial charge in [0.2, 0.25) is 5.91 Å². The summed E-state index contributed by atoms with van der Waals surface area (Å²) in [7, 11) is 0. The summed E-state index contributed by atoms with van der Waals surface area (Å²) in [6.07, 6.45) is 5.16. The molecule has 1 aliphatic carbocycles. The maximum Gasteiger partial charge on any atom is 0.243 e. The normalized spacial score (nSPS) is 16.2. The second-order valence-electron chi connectivity index (χ2n) is 3.95. The van der Waals surface area contributed by atoms with Crippen molar-refractivity contribution >= 4 is 29.8 Å². The molecule has 1 saturated carbocycles. The van der Waals surface area contributed by atoms with Crippen LogP contribution in [-0.2, 0) is 4.79 Å². The molecule has 1 aliphatic rings. The highest BCUT2D eigenvalue weighted by atomic mass is 35.5. The topological polar surface area (TPSA) is 41.5 Å². The van der Waals surface area contributed by atoms with Crippen LogP contribution in [0.25, 0.3) is 6.08 Å². The Labute approximate surface area is 105 Å². The van der Waals surface area contributed by atoms with E-state index in [4.69, 9.17) is 11.6 Å². The van der Waals surface area contributed by atoms with Crippen LogP contribution < -0.4 is 5.43 Å². The molecule has 0 unspecified atom stereocenters. The Kier molecular flexibility index (Phi) is 3.94. The van der Waals surface area contributed by atoms with Crippen molar-refractivity contribution in [2.45, 2.75) is 12.8 Å². The highest BCUT2D eigenvalue weighted by Crippen LogP contribution is 2.28. The number of benzene rings is 1. The van der Waals surface area contributed by atoms with E-state index in [-0.39, 0.29) is 11.8 Å². The molecule has 1 N–H and O–H groups in total. The number of rotatable bonds is 4. The van der Waals surface area contributed by atoms with Gasteiger partial charge in [-0.2, -0.15) is 5.10 Å². The van der Waals surface area contributed by atoms with Crippen LogP contribution in [0.15, 0.2) is 40.5 Å². The first kappa shape index (κ1) is 11.9. The smallest absolute Gasteiger partial charge is 0.243 e. The van der Waals surface area contributed by atoms with E-state index in [1.165, 1.54) is 6.21 Å². The van der Waals surface area contributed by atoms with Gasteiger partial charge in [0.05, 0.1) is 11.2 Å². The maximum absolute atomic E-state index is 11.3. The lowest BCUT2D eigenvalue weighted by Crippen LogP contribution is -2.18. The molecule has 0 radical (unpaired) electrons. The van der Waals surface area contributed by atoms with Crippen molar-refractivity contribution in [2.75, 3.05) is 0 Å². The van der Waals surface area contributed by atoms with Crippen LogP contribution in [0, 0.1) is 5.92 Å². The lowest BCUT2D eigenvalue weighted by atomic mass is 10.2. The molecule has 0 saturated heterocycles. The first-order valence-electron chi connectivity index (χ1n) is 5.51. The molecule has 0 aliphatic heterocycles. The number of halogens is 1. The van der Waals surface area contributed by atoms with E-state index in [0.717, 1.165) is 18.4 Å². The number of hydrogen-bond donors (Lipinski definition) is 1. The van der Waals surface area contributed by atoms with E-state index in [1.807, 2.05) is 30.3 Å². The number of allylic oxidation sites excluding steroid dienone is 1. The Morgan fingerprint density at radius 3 is 2.71 bits per heavy atom. The third-order valence-corrected chi connectivity index (χ3v) is 2.62. The zero-order valence-corrected chi connectivity index (χ0v) is 10.0. The van der Waals surface area contributed by atoms with E-state index in [1.54, 1.807) is 6.08 Å². The van der Waals surface area contributed by atoms with E-state index in [0.29, 0.717) is 5.03 Å². The van der Waals surface area contributed by atoms with E-state index in [9.17, 15) is 4.79 Å². The summed E-state index contributed by atoms with van der Waals surface area (Å²) < 4.78 is 0. The van der Waals surface area contributed by atoms with Gasteiger partial charge >= 0.3 is 0 Å². The molecule has 0 heterocycles. The quantitative estimate of drug-likeness (QED) is 0.646. The zero-order valence-electron chi connectivity index (χ0n) is 9.27. The fourth-order valence-electron chi connectivity index (χ4n) is 1.34. The average Bonchev–Trinajstić information content (AvgIpc) is 3.14. The Morgan fingerprint density at radius 1 is 1.35 bits per heavy atom. The summed E-state index contributed by atoms with van der Waals surface area (Å²) in [4.78, 5) is 11.3. The van der Waals surface area contributed by atoms with Gasteiger partial charge in [-0.3, -0.25) is 4.79 Å². The van der Waals surface area contributed by atoms with Crippen LogP contribution in [0.2, 0.25) is 0 Å². The summed E-state index contributed by atoms with van der Waals surface area (Å²) in [6, 6.07) is 9.69. The third kappa shape index (κ3) is 4.04. The first-order valence-corrected chi connectivity index (χ1v) is 5.88. The van der Waals surface area contributed by atoms with Crippen LogP contribution in [0.1, 0.15) is 18.4 Å². The fourth-order valence-corrected chi connectivity index (χ4v) is 1.51. The molecule has 0 bridgehead atoms. The average molecular weight is 249 g/mol. The SMILES string of the molecule is O=C(N/N=C/C(Cl)=C\c1ccccc1)C1CC1. The van der Waals surface area contributed by atoms with Crippen LogP contribution in [0.4, 0.5) is 0 Å². The number of carbonyl (C=O) groups excluding carboxylic acids is 1. The van der Waals surface area contributed by atoms with Crippen molar-refractivity contribution in [1.29, 1.82) is 0 Å². The van der Waals surface area contributed by atoms with Crippen molar-refractivity contribution in [2.24, 2.45) is 11.0 Å². The van der Waals surface area contributed by atoms with Crippen LogP contribution in [-0.4, -0.2) is 12.1 Å². The number of nitrogens with one attached hydrogen (secondary N) is 1. The van der Waals surface area contributed by atoms with Gasteiger partial charge in [-0.25, -0.2) is 5.43 Å². The molecular formula is C13H13ClN2O. The van der Waals surface area contributed by atoms with Gasteiger partial charge in [-0.05, 0) is 24.5 Å². The number of carbonyl (C=O) groups is 1. The molecule has 1 aromatic rings. The molecular weight excluding hydrogens is 236 g/mol. The molecule has 1 aromatic carbocycles. The Morgan fingerprint density at radius 2 is 2.06 bits per heavy atom. The van der Waals surface area contributed by atoms with Gasteiger partial charge in [0.25, 0.3) is 0 Å². The predicted octanol–water partition coefficient (Wildman–Crippen LogP) is 2.78. The lowest BCUT2D eigenvalue weighted by molar-refractivity contribution is -0.122. The minimum atomic E-state index is -0.0228. The Bertz CT molecular complexity index is 450. The molecule has 1 amide bonds. The second kappa shape index (κ2) is 5.64. The van der Waals surface area contributed by atoms with Crippen LogP contribution in [0.3, 0.4) is 0 Å². The van der Waals surface area contributed by atoms with E-state index in [2.05, 4.69) is 10.5 Å². The molecule has 3 nitrogen and oxygen atoms in total. The number of amides is 1. The van der Waals surface area contributed by atoms with Crippen molar-refractivity contribution in [3.05, 3.63) is 40.9 Å². The summed E-state index contributed by atoms with van der Waals surface area (Å²) in [5.41, 5.74) is 3.46. The molecule has 0 aromatic heterocycles. The van der Waals surface area contributed by atoms with Crippen molar-refractivity contribution in [3.8, 4) is 0 Å². The Balaban J connectivity index is 1.87. The predicted molar refractivity (Wildman–Crippen MR) is 69.6 cm³/mol. The van der Waals surface area contributed by atoms with E-state index >= 15 is 0 Å². The van der Waals surface area contributed by atoms with Crippen molar-refractivity contribution < 1.29 is 4.79 Å². The molecule has 0 atom stereocenters. The summed E-state index contributed by atoms with van der Waals surface area (Å²) in [6.45, 7) is 0. The van der Waals surface area contributed by atoms with Crippen molar-refractivity contribution in [3.63, 3.8) is 0 Å². The molecule has 0 spiro atoms. The minimum Gasteiger partial charge on any atom is -0.273 e. The zero-order chi connectivity index (χ0) is 12.1. The van der Waals surface area contributed by atoms with Gasteiger partial charge in [-0.15, -0.1) is 0 Å². The van der Waals surface area contributed by atoms with Gasteiger partial charge in [-0.1, -0.05) is 41.9 Å². The third-order valence-electron chi connectivity index (χ3n) is 2.41. The van der Waals surface area contributed by atoms with Crippen LogP contribution in [0.5, 0.6) is 0 Å². The second-order valence-corrected chi connectivity index (χ2v) is 4.38. The molecule has 2 rings (SSSR count). The molecule has 1 fully saturated rings. The monoisotopic (exact) mass is 248 g/mol. The van der Waals surface area contributed by atoms with Crippen LogP contribution >= 0.6 is 11.6 Å². The minimum absolute atomic E-state index is 0.0228. The maximum atomic E-state index is 11.3. The summed E-state index contributed by atoms with van der Waals surface area (Å²) in [5, 5.41) is 4.28. The van der Waals surface area contributed by atoms with Gasteiger partial charge in [0.15, 0.2) is 0 Å². The molecule has 17 heavy (non-hydrogen) atoms. The number of nitrogens with zero attached hydrogens (tertiary/aromatic N) is 1.